The molecule has 1 fully saturated rings. The number of hydrogen-bond donors (Lipinski definition) is 0. The first-order valence-corrected chi connectivity index (χ1v) is 10.4. The van der Waals surface area contributed by atoms with Crippen LogP contribution in [0.5, 0.6) is 5.75 Å². The van der Waals surface area contributed by atoms with Gasteiger partial charge in [-0.25, -0.2) is 4.98 Å². The third kappa shape index (κ3) is 3.24. The van der Waals surface area contributed by atoms with Gasteiger partial charge in [0.15, 0.2) is 5.13 Å². The van der Waals surface area contributed by atoms with Crippen LogP contribution in [0.1, 0.15) is 9.67 Å². The molecular formula is C17H15Cl2N3O2S2. The molecule has 0 unspecified atom stereocenters. The van der Waals surface area contributed by atoms with Crippen molar-refractivity contribution in [2.75, 3.05) is 38.2 Å². The molecule has 136 valence electrons. The van der Waals surface area contributed by atoms with E-state index in [0.29, 0.717) is 27.3 Å². The third-order valence-corrected chi connectivity index (χ3v) is 7.08. The van der Waals surface area contributed by atoms with E-state index in [9.17, 15) is 4.79 Å². The molecule has 0 bridgehead atoms. The van der Waals surface area contributed by atoms with Crippen molar-refractivity contribution in [3.8, 4) is 5.75 Å². The molecule has 2 aromatic heterocycles. The Morgan fingerprint density at radius 2 is 1.88 bits per heavy atom. The van der Waals surface area contributed by atoms with Crippen LogP contribution in [-0.2, 0) is 0 Å². The smallest absolute Gasteiger partial charge is 0.264 e. The fraction of sp³-hybridized carbons (Fsp3) is 0.294. The number of fused-ring (bicyclic) bond motifs is 1. The van der Waals surface area contributed by atoms with Crippen molar-refractivity contribution >= 4 is 67.1 Å². The van der Waals surface area contributed by atoms with E-state index >= 15 is 0 Å². The van der Waals surface area contributed by atoms with E-state index in [1.165, 1.54) is 11.3 Å². The van der Waals surface area contributed by atoms with Crippen molar-refractivity contribution in [3.63, 3.8) is 0 Å². The van der Waals surface area contributed by atoms with Crippen LogP contribution in [0.2, 0.25) is 9.36 Å². The predicted molar refractivity (Wildman–Crippen MR) is 109 cm³/mol. The minimum Gasteiger partial charge on any atom is -0.494 e. The average molecular weight is 428 g/mol. The van der Waals surface area contributed by atoms with E-state index in [1.54, 1.807) is 30.6 Å². The van der Waals surface area contributed by atoms with Gasteiger partial charge in [-0.1, -0.05) is 34.5 Å². The maximum Gasteiger partial charge on any atom is 0.264 e. The van der Waals surface area contributed by atoms with Crippen molar-refractivity contribution in [1.82, 2.24) is 9.88 Å². The number of methoxy groups -OCH3 is 1. The Hall–Kier alpha value is -1.54. The van der Waals surface area contributed by atoms with Crippen LogP contribution in [-0.4, -0.2) is 49.1 Å². The molecule has 1 amide bonds. The van der Waals surface area contributed by atoms with Crippen LogP contribution in [0.25, 0.3) is 10.2 Å². The highest BCUT2D eigenvalue weighted by atomic mass is 35.5. The molecule has 1 aromatic carbocycles. The summed E-state index contributed by atoms with van der Waals surface area (Å²) in [6, 6.07) is 7.20. The Morgan fingerprint density at radius 1 is 1.12 bits per heavy atom. The number of thiophene rings is 1. The van der Waals surface area contributed by atoms with E-state index in [-0.39, 0.29) is 5.91 Å². The molecule has 4 rings (SSSR count). The molecule has 0 radical (unpaired) electrons. The summed E-state index contributed by atoms with van der Waals surface area (Å²) >= 11 is 15.1. The second-order valence-electron chi connectivity index (χ2n) is 5.81. The Balaban J connectivity index is 1.50. The van der Waals surface area contributed by atoms with Gasteiger partial charge in [0.25, 0.3) is 5.91 Å². The second kappa shape index (κ2) is 7.23. The molecule has 0 spiro atoms. The summed E-state index contributed by atoms with van der Waals surface area (Å²) in [5.74, 6) is 0.755. The first-order valence-electron chi connectivity index (χ1n) is 7.99. The number of hydrogen-bond acceptors (Lipinski definition) is 6. The first kappa shape index (κ1) is 17.9. The molecule has 0 aliphatic carbocycles. The number of amides is 1. The number of anilines is 1. The molecular weight excluding hydrogens is 413 g/mol. The number of carbonyl (C=O) groups is 1. The molecule has 1 saturated heterocycles. The van der Waals surface area contributed by atoms with E-state index in [2.05, 4.69) is 4.90 Å². The summed E-state index contributed by atoms with van der Waals surface area (Å²) in [5.41, 5.74) is 0.784. The Morgan fingerprint density at radius 3 is 2.54 bits per heavy atom. The number of aromatic nitrogens is 1. The Labute approximate surface area is 168 Å². The maximum absolute atomic E-state index is 12.5. The number of piperazine rings is 1. The molecule has 0 N–H and O–H groups in total. The fourth-order valence-corrected chi connectivity index (χ4v) is 5.25. The largest absolute Gasteiger partial charge is 0.494 e. The number of halogens is 2. The van der Waals surface area contributed by atoms with Gasteiger partial charge < -0.3 is 14.5 Å². The van der Waals surface area contributed by atoms with E-state index in [1.807, 2.05) is 17.0 Å². The van der Waals surface area contributed by atoms with Gasteiger partial charge in [0.05, 0.1) is 26.0 Å². The molecule has 1 aliphatic heterocycles. The maximum atomic E-state index is 12.5. The van der Waals surface area contributed by atoms with E-state index in [0.717, 1.165) is 34.2 Å². The van der Waals surface area contributed by atoms with Gasteiger partial charge >= 0.3 is 0 Å². The van der Waals surface area contributed by atoms with Crippen molar-refractivity contribution < 1.29 is 9.53 Å². The number of rotatable bonds is 3. The predicted octanol–water partition coefficient (Wildman–Crippen LogP) is 4.64. The van der Waals surface area contributed by atoms with E-state index < -0.39 is 0 Å². The standard InChI is InChI=1S/C17H15Cl2N3O2S2/c1-24-11-3-2-10(18)15-14(11)20-17(26-15)22-8-6-21(7-9-22)16(23)12-4-5-13(19)25-12/h2-5H,6-9H2,1H3. The van der Waals surface area contributed by atoms with Crippen LogP contribution < -0.4 is 9.64 Å². The molecule has 1 aliphatic rings. The second-order valence-corrected chi connectivity index (χ2v) is 8.91. The lowest BCUT2D eigenvalue weighted by molar-refractivity contribution is 0.0751. The average Bonchev–Trinajstić information content (AvgIpc) is 3.29. The molecule has 0 atom stereocenters. The van der Waals surface area contributed by atoms with E-state index in [4.69, 9.17) is 32.9 Å². The quantitative estimate of drug-likeness (QED) is 0.610. The zero-order valence-corrected chi connectivity index (χ0v) is 17.0. The molecule has 0 saturated carbocycles. The topological polar surface area (TPSA) is 45.7 Å². The number of ether oxygens (including phenoxy) is 1. The number of benzene rings is 1. The Kier molecular flexibility index (Phi) is 4.96. The molecule has 3 heterocycles. The van der Waals surface area contributed by atoms with Gasteiger partial charge in [0, 0.05) is 26.2 Å². The summed E-state index contributed by atoms with van der Waals surface area (Å²) in [7, 11) is 1.63. The molecule has 5 nitrogen and oxygen atoms in total. The van der Waals surface area contributed by atoms with Crippen LogP contribution in [0.15, 0.2) is 24.3 Å². The normalized spacial score (nSPS) is 14.9. The van der Waals surface area contributed by atoms with Crippen molar-refractivity contribution in [3.05, 3.63) is 38.5 Å². The summed E-state index contributed by atoms with van der Waals surface area (Å²) in [6.07, 6.45) is 0. The van der Waals surface area contributed by atoms with Crippen molar-refractivity contribution in [2.45, 2.75) is 0 Å². The third-order valence-electron chi connectivity index (χ3n) is 4.29. The minimum absolute atomic E-state index is 0.0376. The highest BCUT2D eigenvalue weighted by Crippen LogP contribution is 2.38. The highest BCUT2D eigenvalue weighted by Gasteiger charge is 2.25. The van der Waals surface area contributed by atoms with Gasteiger partial charge in [0.1, 0.15) is 11.3 Å². The summed E-state index contributed by atoms with van der Waals surface area (Å²) in [6.45, 7) is 2.75. The fourth-order valence-electron chi connectivity index (χ4n) is 2.93. The SMILES string of the molecule is COc1ccc(Cl)c2sc(N3CCN(C(=O)c4ccc(Cl)s4)CC3)nc12. The lowest BCUT2D eigenvalue weighted by Gasteiger charge is -2.34. The van der Waals surface area contributed by atoms with Gasteiger partial charge in [0.2, 0.25) is 0 Å². The number of carbonyl (C=O) groups excluding carboxylic acids is 1. The number of thiazole rings is 1. The van der Waals surface area contributed by atoms with Gasteiger partial charge in [-0.05, 0) is 24.3 Å². The van der Waals surface area contributed by atoms with Gasteiger partial charge in [-0.2, -0.15) is 0 Å². The zero-order valence-electron chi connectivity index (χ0n) is 13.9. The molecule has 9 heteroatoms. The lowest BCUT2D eigenvalue weighted by atomic mass is 10.3. The molecule has 3 aromatic rings. The summed E-state index contributed by atoms with van der Waals surface area (Å²) < 4.78 is 6.94. The minimum atomic E-state index is 0.0376. The van der Waals surface area contributed by atoms with Crippen LogP contribution in [0.3, 0.4) is 0 Å². The monoisotopic (exact) mass is 427 g/mol. The van der Waals surface area contributed by atoms with Crippen LogP contribution >= 0.6 is 45.9 Å². The first-order chi connectivity index (χ1) is 12.6. The lowest BCUT2D eigenvalue weighted by Crippen LogP contribution is -2.48. The summed E-state index contributed by atoms with van der Waals surface area (Å²) in [4.78, 5) is 22.0. The van der Waals surface area contributed by atoms with Gasteiger partial charge in [-0.3, -0.25) is 4.79 Å². The Bertz CT molecular complexity index is 964. The number of nitrogens with zero attached hydrogens (tertiary/aromatic N) is 3. The van der Waals surface area contributed by atoms with Crippen molar-refractivity contribution in [1.29, 1.82) is 0 Å². The van der Waals surface area contributed by atoms with Crippen LogP contribution in [0.4, 0.5) is 5.13 Å². The van der Waals surface area contributed by atoms with Crippen LogP contribution in [0, 0.1) is 0 Å². The zero-order chi connectivity index (χ0) is 18.3. The highest BCUT2D eigenvalue weighted by molar-refractivity contribution is 7.22. The molecule has 26 heavy (non-hydrogen) atoms. The van der Waals surface area contributed by atoms with Gasteiger partial charge in [-0.15, -0.1) is 11.3 Å². The van der Waals surface area contributed by atoms with Crippen molar-refractivity contribution in [2.24, 2.45) is 0 Å². The summed E-state index contributed by atoms with van der Waals surface area (Å²) in [5, 5.41) is 1.57.